The largest absolute Gasteiger partial charge is 0.331 e. The average molecular weight is 304 g/mol. The number of halogens is 2. The van der Waals surface area contributed by atoms with E-state index in [4.69, 9.17) is 17.3 Å². The molecule has 3 rings (SSSR count). The van der Waals surface area contributed by atoms with Gasteiger partial charge in [0, 0.05) is 30.1 Å². The van der Waals surface area contributed by atoms with E-state index < -0.39 is 6.04 Å². The first-order valence-corrected chi connectivity index (χ1v) is 7.05. The lowest BCUT2D eigenvalue weighted by Crippen LogP contribution is -2.17. The molecule has 0 radical (unpaired) electrons. The predicted octanol–water partition coefficient (Wildman–Crippen LogP) is 3.61. The highest BCUT2D eigenvalue weighted by Crippen LogP contribution is 2.27. The third kappa shape index (κ3) is 2.52. The molecule has 108 valence electrons. The maximum absolute atomic E-state index is 13.9. The molecule has 3 aromatic rings. The minimum Gasteiger partial charge on any atom is -0.331 e. The van der Waals surface area contributed by atoms with Crippen LogP contribution in [-0.2, 0) is 13.5 Å². The number of hydrogen-bond donors (Lipinski definition) is 1. The lowest BCUT2D eigenvalue weighted by molar-refractivity contribution is 0.571. The van der Waals surface area contributed by atoms with Gasteiger partial charge in [-0.1, -0.05) is 29.8 Å². The van der Waals surface area contributed by atoms with Gasteiger partial charge in [-0.2, -0.15) is 0 Å². The van der Waals surface area contributed by atoms with Crippen molar-refractivity contribution in [2.75, 3.05) is 0 Å². The summed E-state index contributed by atoms with van der Waals surface area (Å²) >= 11 is 6.06. The second-order valence-electron chi connectivity index (χ2n) is 5.02. The molecule has 0 spiro atoms. The van der Waals surface area contributed by atoms with Gasteiger partial charge < -0.3 is 10.3 Å². The molecule has 0 fully saturated rings. The van der Waals surface area contributed by atoms with Crippen molar-refractivity contribution >= 4 is 22.6 Å². The Labute approximate surface area is 127 Å². The predicted molar refractivity (Wildman–Crippen MR) is 82.8 cm³/mol. The number of nitrogens with zero attached hydrogens (tertiary/aromatic N) is 2. The first kappa shape index (κ1) is 14.0. The number of aromatic nitrogens is 2. The van der Waals surface area contributed by atoms with E-state index in [1.165, 1.54) is 6.07 Å². The van der Waals surface area contributed by atoms with E-state index in [0.717, 1.165) is 16.9 Å². The van der Waals surface area contributed by atoms with Gasteiger partial charge in [0.15, 0.2) is 0 Å². The molecule has 0 amide bonds. The van der Waals surface area contributed by atoms with Crippen LogP contribution in [0.15, 0.2) is 42.5 Å². The second kappa shape index (κ2) is 5.47. The topological polar surface area (TPSA) is 43.8 Å². The number of fused-ring (bicyclic) bond motifs is 1. The molecule has 0 bridgehead atoms. The molecule has 2 N–H and O–H groups in total. The number of para-hydroxylation sites is 2. The van der Waals surface area contributed by atoms with Crippen LogP contribution in [0.1, 0.15) is 17.4 Å². The van der Waals surface area contributed by atoms with Gasteiger partial charge in [-0.3, -0.25) is 0 Å². The van der Waals surface area contributed by atoms with Gasteiger partial charge >= 0.3 is 0 Å². The molecule has 0 saturated heterocycles. The van der Waals surface area contributed by atoms with Crippen molar-refractivity contribution in [1.29, 1.82) is 0 Å². The number of rotatable bonds is 3. The number of aryl methyl sites for hydroxylation is 1. The summed E-state index contributed by atoms with van der Waals surface area (Å²) in [7, 11) is 1.93. The van der Waals surface area contributed by atoms with E-state index in [2.05, 4.69) is 4.98 Å². The van der Waals surface area contributed by atoms with Crippen LogP contribution in [0, 0.1) is 5.82 Å². The maximum Gasteiger partial charge on any atom is 0.129 e. The smallest absolute Gasteiger partial charge is 0.129 e. The van der Waals surface area contributed by atoms with Crippen LogP contribution in [-0.4, -0.2) is 9.55 Å². The summed E-state index contributed by atoms with van der Waals surface area (Å²) in [6, 6.07) is 11.9. The fourth-order valence-electron chi connectivity index (χ4n) is 2.54. The molecular weight excluding hydrogens is 289 g/mol. The summed E-state index contributed by atoms with van der Waals surface area (Å²) in [5, 5.41) is 0.348. The van der Waals surface area contributed by atoms with Crippen molar-refractivity contribution in [3.63, 3.8) is 0 Å². The normalized spacial score (nSPS) is 12.8. The summed E-state index contributed by atoms with van der Waals surface area (Å²) in [6.45, 7) is 0. The Balaban J connectivity index is 1.97. The van der Waals surface area contributed by atoms with Crippen LogP contribution in [0.5, 0.6) is 0 Å². The van der Waals surface area contributed by atoms with Crippen LogP contribution < -0.4 is 5.73 Å². The van der Waals surface area contributed by atoms with E-state index in [0.29, 0.717) is 17.0 Å². The number of imidazole rings is 1. The van der Waals surface area contributed by atoms with Crippen molar-refractivity contribution < 1.29 is 4.39 Å². The van der Waals surface area contributed by atoms with Gasteiger partial charge in [-0.25, -0.2) is 9.37 Å². The lowest BCUT2D eigenvalue weighted by Gasteiger charge is -2.14. The van der Waals surface area contributed by atoms with Crippen molar-refractivity contribution in [2.24, 2.45) is 12.8 Å². The standard InChI is InChI=1S/C16H15ClFN3/c1-21-14-8-3-2-7-13(14)20-15(21)9-12(19)16-10(17)5-4-6-11(16)18/h2-8,12H,9,19H2,1H3. The summed E-state index contributed by atoms with van der Waals surface area (Å²) in [4.78, 5) is 4.55. The highest BCUT2D eigenvalue weighted by Gasteiger charge is 2.18. The van der Waals surface area contributed by atoms with Gasteiger partial charge in [0.05, 0.1) is 11.0 Å². The fourth-order valence-corrected chi connectivity index (χ4v) is 2.84. The van der Waals surface area contributed by atoms with Gasteiger partial charge in [0.25, 0.3) is 0 Å². The van der Waals surface area contributed by atoms with Crippen molar-refractivity contribution in [2.45, 2.75) is 12.5 Å². The van der Waals surface area contributed by atoms with E-state index in [1.54, 1.807) is 12.1 Å². The molecule has 1 atom stereocenters. The third-order valence-electron chi connectivity index (χ3n) is 3.65. The summed E-state index contributed by atoms with van der Waals surface area (Å²) in [5.74, 6) is 0.428. The van der Waals surface area contributed by atoms with Crippen molar-refractivity contribution in [3.05, 3.63) is 64.7 Å². The first-order chi connectivity index (χ1) is 10.1. The Morgan fingerprint density at radius 1 is 1.24 bits per heavy atom. The Bertz CT molecular complexity index is 777. The summed E-state index contributed by atoms with van der Waals surface area (Å²) < 4.78 is 15.9. The Morgan fingerprint density at radius 3 is 2.71 bits per heavy atom. The molecule has 3 nitrogen and oxygen atoms in total. The van der Waals surface area contributed by atoms with Crippen molar-refractivity contribution in [1.82, 2.24) is 9.55 Å². The van der Waals surface area contributed by atoms with Crippen LogP contribution >= 0.6 is 11.6 Å². The van der Waals surface area contributed by atoms with Crippen LogP contribution in [0.25, 0.3) is 11.0 Å². The molecule has 1 unspecified atom stereocenters. The van der Waals surface area contributed by atoms with Crippen LogP contribution in [0.4, 0.5) is 4.39 Å². The molecular formula is C16H15ClFN3. The number of benzene rings is 2. The van der Waals surface area contributed by atoms with E-state index in [1.807, 2.05) is 35.9 Å². The molecule has 0 aliphatic heterocycles. The molecule has 1 heterocycles. The van der Waals surface area contributed by atoms with Gasteiger partial charge in [0.1, 0.15) is 11.6 Å². The summed E-state index contributed by atoms with van der Waals surface area (Å²) in [5.41, 5.74) is 8.41. The quantitative estimate of drug-likeness (QED) is 0.803. The highest BCUT2D eigenvalue weighted by molar-refractivity contribution is 6.31. The molecule has 2 aromatic carbocycles. The Morgan fingerprint density at radius 2 is 2.00 bits per heavy atom. The third-order valence-corrected chi connectivity index (χ3v) is 3.98. The number of nitrogens with two attached hydrogens (primary N) is 1. The van der Waals surface area contributed by atoms with E-state index >= 15 is 0 Å². The lowest BCUT2D eigenvalue weighted by atomic mass is 10.0. The molecule has 0 saturated carbocycles. The van der Waals surface area contributed by atoms with Gasteiger partial charge in [-0.15, -0.1) is 0 Å². The molecule has 5 heteroatoms. The van der Waals surface area contributed by atoms with Gasteiger partial charge in [-0.05, 0) is 24.3 Å². The zero-order valence-electron chi connectivity index (χ0n) is 11.6. The first-order valence-electron chi connectivity index (χ1n) is 6.67. The highest BCUT2D eigenvalue weighted by atomic mass is 35.5. The Hall–Kier alpha value is -1.91. The number of hydrogen-bond acceptors (Lipinski definition) is 2. The SMILES string of the molecule is Cn1c(CC(N)c2c(F)cccc2Cl)nc2ccccc21. The van der Waals surface area contributed by atoms with E-state index in [-0.39, 0.29) is 5.82 Å². The van der Waals surface area contributed by atoms with Crippen LogP contribution in [0.3, 0.4) is 0 Å². The zero-order valence-corrected chi connectivity index (χ0v) is 12.3. The molecule has 0 aliphatic carbocycles. The van der Waals surface area contributed by atoms with Crippen LogP contribution in [0.2, 0.25) is 5.02 Å². The monoisotopic (exact) mass is 303 g/mol. The maximum atomic E-state index is 13.9. The van der Waals surface area contributed by atoms with Gasteiger partial charge in [0.2, 0.25) is 0 Å². The average Bonchev–Trinajstić information content (AvgIpc) is 2.76. The second-order valence-corrected chi connectivity index (χ2v) is 5.43. The molecule has 0 aliphatic rings. The Kier molecular flexibility index (Phi) is 3.66. The zero-order chi connectivity index (χ0) is 15.0. The fraction of sp³-hybridized carbons (Fsp3) is 0.188. The molecule has 21 heavy (non-hydrogen) atoms. The molecule has 1 aromatic heterocycles. The van der Waals surface area contributed by atoms with E-state index in [9.17, 15) is 4.39 Å². The van der Waals surface area contributed by atoms with Crippen molar-refractivity contribution in [3.8, 4) is 0 Å². The summed E-state index contributed by atoms with van der Waals surface area (Å²) in [6.07, 6.45) is 0.422. The minimum absolute atomic E-state index is 0.339. The minimum atomic E-state index is -0.533.